The lowest BCUT2D eigenvalue weighted by atomic mass is 10.1. The number of rotatable bonds is 17. The molecule has 8 heteroatoms. The first-order valence-electron chi connectivity index (χ1n) is 11.5. The Morgan fingerprint density at radius 2 is 0.933 bits per heavy atom. The second-order valence-corrected chi connectivity index (χ2v) is 8.17. The van der Waals surface area contributed by atoms with E-state index in [1.54, 1.807) is 0 Å². The van der Waals surface area contributed by atoms with E-state index in [0.717, 1.165) is 12.8 Å². The van der Waals surface area contributed by atoms with Crippen LogP contribution in [0.3, 0.4) is 0 Å². The van der Waals surface area contributed by atoms with Crippen molar-refractivity contribution in [1.82, 2.24) is 10.9 Å². The molecule has 0 unspecified atom stereocenters. The van der Waals surface area contributed by atoms with Crippen LogP contribution >= 0.6 is 24.4 Å². The Morgan fingerprint density at radius 1 is 0.600 bits per heavy atom. The van der Waals surface area contributed by atoms with Crippen molar-refractivity contribution in [1.29, 1.82) is 0 Å². The third-order valence-electron chi connectivity index (χ3n) is 4.62. The molecule has 0 bridgehead atoms. The van der Waals surface area contributed by atoms with E-state index in [-0.39, 0.29) is 10.3 Å². The van der Waals surface area contributed by atoms with E-state index in [0.29, 0.717) is 24.6 Å². The van der Waals surface area contributed by atoms with Crippen LogP contribution in [0.4, 0.5) is 0 Å². The van der Waals surface area contributed by atoms with Crippen LogP contribution in [0.25, 0.3) is 0 Å². The van der Waals surface area contributed by atoms with Crippen molar-refractivity contribution in [3.63, 3.8) is 0 Å². The summed E-state index contributed by atoms with van der Waals surface area (Å²) in [6, 6.07) is 0. The molecule has 0 aliphatic rings. The normalized spacial score (nSPS) is 11.9. The molecule has 0 saturated carbocycles. The SMILES string of the molecule is CCCCCCCCOC(=S)N/N=C(C)/C(C)=N/NC(=S)OCCCCCCCC. The number of hydrazone groups is 2. The Bertz CT molecular complexity index is 479. The van der Waals surface area contributed by atoms with Crippen molar-refractivity contribution in [3.05, 3.63) is 0 Å². The zero-order valence-electron chi connectivity index (χ0n) is 19.4. The van der Waals surface area contributed by atoms with Crippen LogP contribution in [0.5, 0.6) is 0 Å². The van der Waals surface area contributed by atoms with Gasteiger partial charge in [0.2, 0.25) is 0 Å². The molecule has 0 aromatic carbocycles. The molecule has 0 aromatic heterocycles. The highest BCUT2D eigenvalue weighted by Gasteiger charge is 2.01. The maximum absolute atomic E-state index is 5.48. The van der Waals surface area contributed by atoms with Crippen molar-refractivity contribution in [2.24, 2.45) is 10.2 Å². The van der Waals surface area contributed by atoms with Crippen molar-refractivity contribution < 1.29 is 9.47 Å². The van der Waals surface area contributed by atoms with Gasteiger partial charge in [0, 0.05) is 0 Å². The summed E-state index contributed by atoms with van der Waals surface area (Å²) in [5, 5.41) is 8.95. The number of hydrogen-bond acceptors (Lipinski definition) is 6. The molecule has 0 spiro atoms. The summed E-state index contributed by atoms with van der Waals surface area (Å²) in [6.45, 7) is 9.35. The molecule has 6 nitrogen and oxygen atoms in total. The standard InChI is InChI=1S/C22H42N4O2S2/c1-5-7-9-11-13-15-17-27-21(29)25-23-19(3)20(4)24-26-22(30)28-18-16-14-12-10-8-6-2/h5-18H2,1-4H3,(H,25,29)(H,26,30)/b23-19+,24-20+. The minimum Gasteiger partial charge on any atom is -0.470 e. The molecule has 0 aliphatic carbocycles. The summed E-state index contributed by atoms with van der Waals surface area (Å²) >= 11 is 10.3. The lowest BCUT2D eigenvalue weighted by Gasteiger charge is -2.08. The summed E-state index contributed by atoms with van der Waals surface area (Å²) in [6.07, 6.45) is 14.6. The molecule has 0 amide bonds. The van der Waals surface area contributed by atoms with Gasteiger partial charge in [-0.15, -0.1) is 0 Å². The zero-order valence-corrected chi connectivity index (χ0v) is 21.1. The maximum Gasteiger partial charge on any atom is 0.277 e. The Morgan fingerprint density at radius 3 is 1.30 bits per heavy atom. The quantitative estimate of drug-likeness (QED) is 0.116. The van der Waals surface area contributed by atoms with Crippen molar-refractivity contribution in [3.8, 4) is 0 Å². The van der Waals surface area contributed by atoms with Crippen LogP contribution in [0.1, 0.15) is 105 Å². The van der Waals surface area contributed by atoms with Crippen LogP contribution in [0, 0.1) is 0 Å². The minimum atomic E-state index is 0.279. The third kappa shape index (κ3) is 18.7. The summed E-state index contributed by atoms with van der Waals surface area (Å²) in [4.78, 5) is 0. The van der Waals surface area contributed by atoms with Gasteiger partial charge in [-0.25, -0.2) is 10.9 Å². The molecule has 2 N–H and O–H groups in total. The zero-order chi connectivity index (χ0) is 22.5. The van der Waals surface area contributed by atoms with Gasteiger partial charge in [-0.1, -0.05) is 78.1 Å². The van der Waals surface area contributed by atoms with Gasteiger partial charge in [0.1, 0.15) is 0 Å². The van der Waals surface area contributed by atoms with Gasteiger partial charge in [0.15, 0.2) is 0 Å². The highest BCUT2D eigenvalue weighted by molar-refractivity contribution is 7.80. The molecule has 0 aliphatic heterocycles. The fraction of sp³-hybridized carbons (Fsp3) is 0.818. The summed E-state index contributed by atoms with van der Waals surface area (Å²) < 4.78 is 11.0. The van der Waals surface area contributed by atoms with E-state index in [4.69, 9.17) is 33.9 Å². The third-order valence-corrected chi connectivity index (χ3v) is 5.03. The lowest BCUT2D eigenvalue weighted by Crippen LogP contribution is -2.25. The van der Waals surface area contributed by atoms with Gasteiger partial charge in [0.25, 0.3) is 10.3 Å². The number of unbranched alkanes of at least 4 members (excludes halogenated alkanes) is 10. The maximum atomic E-state index is 5.48. The topological polar surface area (TPSA) is 67.2 Å². The second-order valence-electron chi connectivity index (χ2n) is 7.43. The smallest absolute Gasteiger partial charge is 0.277 e. The first kappa shape index (κ1) is 28.7. The second kappa shape index (κ2) is 21.0. The molecule has 0 atom stereocenters. The summed E-state index contributed by atoms with van der Waals surface area (Å²) in [7, 11) is 0. The molecule has 0 radical (unpaired) electrons. The van der Waals surface area contributed by atoms with Gasteiger partial charge >= 0.3 is 0 Å². The number of nitrogens with one attached hydrogen (secondary N) is 2. The van der Waals surface area contributed by atoms with Gasteiger partial charge in [-0.3, -0.25) is 0 Å². The van der Waals surface area contributed by atoms with E-state index in [1.807, 2.05) is 13.8 Å². The van der Waals surface area contributed by atoms with Crippen molar-refractivity contribution in [2.45, 2.75) is 105 Å². The fourth-order valence-corrected chi connectivity index (χ4v) is 2.84. The average molecular weight is 459 g/mol. The van der Waals surface area contributed by atoms with E-state index in [9.17, 15) is 0 Å². The molecule has 0 fully saturated rings. The Balaban J connectivity index is 3.90. The fourth-order valence-electron chi connectivity index (χ4n) is 2.58. The number of hydrogen-bond donors (Lipinski definition) is 2. The van der Waals surface area contributed by atoms with E-state index >= 15 is 0 Å². The molecular formula is C22H42N4O2S2. The van der Waals surface area contributed by atoms with Crippen LogP contribution in [-0.4, -0.2) is 35.0 Å². The van der Waals surface area contributed by atoms with E-state index in [1.165, 1.54) is 64.2 Å². The van der Waals surface area contributed by atoms with Gasteiger partial charge in [-0.2, -0.15) is 10.2 Å². The molecule has 0 aromatic rings. The monoisotopic (exact) mass is 458 g/mol. The van der Waals surface area contributed by atoms with Gasteiger partial charge in [-0.05, 0) is 51.1 Å². The van der Waals surface area contributed by atoms with Crippen LogP contribution in [0.15, 0.2) is 10.2 Å². The molecule has 30 heavy (non-hydrogen) atoms. The predicted octanol–water partition coefficient (Wildman–Crippen LogP) is 6.24. The number of ether oxygens (including phenoxy) is 2. The first-order chi connectivity index (χ1) is 14.5. The summed E-state index contributed by atoms with van der Waals surface area (Å²) in [5.74, 6) is 0. The van der Waals surface area contributed by atoms with Crippen LogP contribution in [-0.2, 0) is 9.47 Å². The Hall–Kier alpha value is -1.28. The Labute approximate surface area is 194 Å². The average Bonchev–Trinajstić information content (AvgIpc) is 2.74. The summed E-state index contributed by atoms with van der Waals surface area (Å²) in [5.41, 5.74) is 6.87. The predicted molar refractivity (Wildman–Crippen MR) is 136 cm³/mol. The minimum absolute atomic E-state index is 0.279. The van der Waals surface area contributed by atoms with Crippen molar-refractivity contribution >= 4 is 46.2 Å². The Kier molecular flexibility index (Phi) is 20.1. The highest BCUT2D eigenvalue weighted by Crippen LogP contribution is 2.05. The van der Waals surface area contributed by atoms with Crippen LogP contribution < -0.4 is 10.9 Å². The first-order valence-corrected chi connectivity index (χ1v) is 12.3. The largest absolute Gasteiger partial charge is 0.470 e. The van der Waals surface area contributed by atoms with Crippen LogP contribution in [0.2, 0.25) is 0 Å². The van der Waals surface area contributed by atoms with Crippen molar-refractivity contribution in [2.75, 3.05) is 13.2 Å². The molecular weight excluding hydrogens is 416 g/mol. The van der Waals surface area contributed by atoms with E-state index < -0.39 is 0 Å². The van der Waals surface area contributed by atoms with Gasteiger partial charge < -0.3 is 9.47 Å². The lowest BCUT2D eigenvalue weighted by molar-refractivity contribution is 0.287. The molecule has 0 rings (SSSR count). The molecule has 0 saturated heterocycles. The van der Waals surface area contributed by atoms with Gasteiger partial charge in [0.05, 0.1) is 24.6 Å². The van der Waals surface area contributed by atoms with E-state index in [2.05, 4.69) is 34.9 Å². The molecule has 0 heterocycles. The number of thiocarbonyl (C=S) groups is 2. The highest BCUT2D eigenvalue weighted by atomic mass is 32.1. The molecule has 174 valence electrons. The number of nitrogens with zero attached hydrogens (tertiary/aromatic N) is 2.